The molecule has 1 heterocycles. The van der Waals surface area contributed by atoms with Gasteiger partial charge in [0.1, 0.15) is 5.60 Å². The second-order valence-corrected chi connectivity index (χ2v) is 5.02. The number of nitrogens with one attached hydrogen (secondary N) is 1. The largest absolute Gasteiger partial charge is 1.00 e. The van der Waals surface area contributed by atoms with Gasteiger partial charge in [-0.1, -0.05) is 36.3 Å². The number of terminal acetylenes is 1. The quantitative estimate of drug-likeness (QED) is 0.648. The van der Waals surface area contributed by atoms with Gasteiger partial charge in [0, 0.05) is 12.8 Å². The summed E-state index contributed by atoms with van der Waals surface area (Å²) in [5, 5.41) is 0. The molecule has 0 bridgehead atoms. The van der Waals surface area contributed by atoms with Gasteiger partial charge in [0.2, 0.25) is 0 Å². The third-order valence-corrected chi connectivity index (χ3v) is 3.89. The maximum absolute atomic E-state index is 6.05. The third kappa shape index (κ3) is 4.24. The summed E-state index contributed by atoms with van der Waals surface area (Å²) in [5.41, 5.74) is 0.853. The lowest BCUT2D eigenvalue weighted by atomic mass is 9.92. The van der Waals surface area contributed by atoms with Crippen LogP contribution in [0.1, 0.15) is 25.3 Å². The summed E-state index contributed by atoms with van der Waals surface area (Å²) < 4.78 is 6.05. The van der Waals surface area contributed by atoms with Crippen LogP contribution >= 0.6 is 0 Å². The van der Waals surface area contributed by atoms with E-state index in [1.54, 1.807) is 4.90 Å². The van der Waals surface area contributed by atoms with Crippen molar-refractivity contribution in [3.05, 3.63) is 35.9 Å². The van der Waals surface area contributed by atoms with Gasteiger partial charge in [0.25, 0.3) is 0 Å². The summed E-state index contributed by atoms with van der Waals surface area (Å²) in [6.07, 6.45) is 7.65. The molecule has 1 fully saturated rings. The van der Waals surface area contributed by atoms with Crippen LogP contribution in [-0.4, -0.2) is 25.2 Å². The summed E-state index contributed by atoms with van der Waals surface area (Å²) in [6, 6.07) is 10.2. The minimum Gasteiger partial charge on any atom is -1.00 e. The molecule has 0 radical (unpaired) electrons. The van der Waals surface area contributed by atoms with Crippen molar-refractivity contribution in [2.24, 2.45) is 0 Å². The van der Waals surface area contributed by atoms with Gasteiger partial charge in [-0.3, -0.25) is 0 Å². The fourth-order valence-corrected chi connectivity index (χ4v) is 2.49. The Balaban J connectivity index is 0.00000180. The number of rotatable bonds is 4. The molecule has 0 spiro atoms. The van der Waals surface area contributed by atoms with Gasteiger partial charge in [-0.25, -0.2) is 0 Å². The van der Waals surface area contributed by atoms with Crippen LogP contribution in [0.2, 0.25) is 0 Å². The summed E-state index contributed by atoms with van der Waals surface area (Å²) >= 11 is 0. The fourth-order valence-electron chi connectivity index (χ4n) is 2.49. The molecule has 1 aromatic carbocycles. The zero-order valence-electron chi connectivity index (χ0n) is 11.5. The zero-order chi connectivity index (χ0) is 12.8. The third-order valence-electron chi connectivity index (χ3n) is 3.89. The molecule has 104 valence electrons. The number of benzene rings is 1. The molecular formula is C16H22ClNO. The molecule has 1 aliphatic heterocycles. The molecule has 0 amide bonds. The highest BCUT2D eigenvalue weighted by atomic mass is 35.5. The molecule has 3 heteroatoms. The summed E-state index contributed by atoms with van der Waals surface area (Å²) in [6.45, 7) is 6.26. The second-order valence-electron chi connectivity index (χ2n) is 5.02. The number of piperidine rings is 1. The SMILES string of the molecule is C#CC1(OCc2ccccc2)CC[NH+](CC)CC1.[Cl-]. The van der Waals surface area contributed by atoms with E-state index in [1.807, 2.05) is 18.2 Å². The highest BCUT2D eigenvalue weighted by Crippen LogP contribution is 2.22. The molecule has 1 N–H and O–H groups in total. The summed E-state index contributed by atoms with van der Waals surface area (Å²) in [5.74, 6) is 2.90. The Morgan fingerprint density at radius 2 is 1.89 bits per heavy atom. The zero-order valence-corrected chi connectivity index (χ0v) is 12.2. The Kier molecular flexibility index (Phi) is 6.37. The van der Waals surface area contributed by atoms with Crippen LogP contribution in [-0.2, 0) is 11.3 Å². The minimum atomic E-state index is -0.339. The van der Waals surface area contributed by atoms with Crippen LogP contribution in [0, 0.1) is 12.3 Å². The van der Waals surface area contributed by atoms with Crippen molar-refractivity contribution >= 4 is 0 Å². The van der Waals surface area contributed by atoms with E-state index < -0.39 is 0 Å². The maximum Gasteiger partial charge on any atom is 0.139 e. The number of quaternary nitrogens is 1. The van der Waals surface area contributed by atoms with Crippen LogP contribution < -0.4 is 17.3 Å². The van der Waals surface area contributed by atoms with E-state index in [2.05, 4.69) is 25.0 Å². The normalized spacial score (nSPS) is 26.2. The first-order valence-corrected chi connectivity index (χ1v) is 6.77. The summed E-state index contributed by atoms with van der Waals surface area (Å²) in [7, 11) is 0. The van der Waals surface area contributed by atoms with Gasteiger partial charge in [-0.2, -0.15) is 0 Å². The van der Waals surface area contributed by atoms with Crippen molar-refractivity contribution in [3.63, 3.8) is 0 Å². The Labute approximate surface area is 122 Å². The van der Waals surface area contributed by atoms with Gasteiger partial charge in [-0.15, -0.1) is 6.42 Å². The highest BCUT2D eigenvalue weighted by Gasteiger charge is 2.35. The Morgan fingerprint density at radius 1 is 1.26 bits per heavy atom. The standard InChI is InChI=1S/C16H21NO.ClH/c1-3-16(10-12-17(4-2)13-11-16)18-14-15-8-6-5-7-9-15;/h1,5-9H,4,10-14H2,2H3;1H. The lowest BCUT2D eigenvalue weighted by Gasteiger charge is -2.35. The van der Waals surface area contributed by atoms with Crippen LogP contribution in [0.5, 0.6) is 0 Å². The van der Waals surface area contributed by atoms with Crippen molar-refractivity contribution in [1.29, 1.82) is 0 Å². The summed E-state index contributed by atoms with van der Waals surface area (Å²) in [4.78, 5) is 1.63. The average Bonchev–Trinajstić information content (AvgIpc) is 2.47. The van der Waals surface area contributed by atoms with Crippen LogP contribution in [0.25, 0.3) is 0 Å². The molecule has 19 heavy (non-hydrogen) atoms. The van der Waals surface area contributed by atoms with E-state index in [-0.39, 0.29) is 18.0 Å². The molecule has 1 aromatic rings. The van der Waals surface area contributed by atoms with E-state index in [9.17, 15) is 0 Å². The molecule has 0 aliphatic carbocycles. The predicted molar refractivity (Wildman–Crippen MR) is 73.3 cm³/mol. The van der Waals surface area contributed by atoms with Gasteiger partial charge < -0.3 is 22.0 Å². The van der Waals surface area contributed by atoms with Crippen molar-refractivity contribution in [3.8, 4) is 12.3 Å². The molecule has 0 aromatic heterocycles. The molecule has 1 aliphatic rings. The van der Waals surface area contributed by atoms with Gasteiger partial charge in [0.15, 0.2) is 0 Å². The first-order valence-electron chi connectivity index (χ1n) is 6.77. The van der Waals surface area contributed by atoms with Crippen molar-refractivity contribution in [1.82, 2.24) is 0 Å². The first kappa shape index (κ1) is 16.0. The van der Waals surface area contributed by atoms with E-state index >= 15 is 0 Å². The van der Waals surface area contributed by atoms with Crippen LogP contribution in [0.15, 0.2) is 30.3 Å². The highest BCUT2D eigenvalue weighted by molar-refractivity contribution is 5.15. The van der Waals surface area contributed by atoms with Gasteiger partial charge in [-0.05, 0) is 12.5 Å². The van der Waals surface area contributed by atoms with E-state index in [4.69, 9.17) is 11.2 Å². The molecule has 1 saturated heterocycles. The van der Waals surface area contributed by atoms with Gasteiger partial charge >= 0.3 is 0 Å². The lowest BCUT2D eigenvalue weighted by molar-refractivity contribution is -0.905. The van der Waals surface area contributed by atoms with Crippen LogP contribution in [0.3, 0.4) is 0 Å². The number of hydrogen-bond donors (Lipinski definition) is 1. The van der Waals surface area contributed by atoms with E-state index in [1.165, 1.54) is 12.1 Å². The average molecular weight is 280 g/mol. The first-order chi connectivity index (χ1) is 8.78. The minimum absolute atomic E-state index is 0. The number of ether oxygens (including phenoxy) is 1. The van der Waals surface area contributed by atoms with Crippen molar-refractivity contribution in [2.75, 3.05) is 19.6 Å². The van der Waals surface area contributed by atoms with E-state index in [0.717, 1.165) is 25.9 Å². The second kappa shape index (κ2) is 7.55. The van der Waals surface area contributed by atoms with E-state index in [0.29, 0.717) is 6.61 Å². The number of halogens is 1. The smallest absolute Gasteiger partial charge is 0.139 e. The predicted octanol–water partition coefficient (Wildman–Crippen LogP) is -1.72. The monoisotopic (exact) mass is 279 g/mol. The molecule has 0 unspecified atom stereocenters. The van der Waals surface area contributed by atoms with Crippen molar-refractivity contribution < 1.29 is 22.0 Å². The topological polar surface area (TPSA) is 13.7 Å². The number of likely N-dealkylation sites (tertiary alicyclic amines) is 1. The molecular weight excluding hydrogens is 258 g/mol. The fraction of sp³-hybridized carbons (Fsp3) is 0.500. The lowest BCUT2D eigenvalue weighted by Crippen LogP contribution is -3.13. The molecule has 2 rings (SSSR count). The number of hydrogen-bond acceptors (Lipinski definition) is 1. The van der Waals surface area contributed by atoms with Crippen molar-refractivity contribution in [2.45, 2.75) is 32.0 Å². The van der Waals surface area contributed by atoms with Crippen LogP contribution in [0.4, 0.5) is 0 Å². The molecule has 0 atom stereocenters. The Bertz CT molecular complexity index is 405. The Morgan fingerprint density at radius 3 is 2.42 bits per heavy atom. The van der Waals surface area contributed by atoms with Gasteiger partial charge in [0.05, 0.1) is 26.2 Å². The maximum atomic E-state index is 6.05. The molecule has 0 saturated carbocycles. The Hall–Kier alpha value is -1.01. The molecule has 2 nitrogen and oxygen atoms in total.